The first kappa shape index (κ1) is 13.2. The SMILES string of the molecule is CN1C[C@H]2CN(C(=O)c3ccc4c(c3)OCO4)CCN2C1=O. The summed E-state index contributed by atoms with van der Waals surface area (Å²) in [5, 5.41) is 0. The molecule has 3 aliphatic heterocycles. The molecule has 0 N–H and O–H groups in total. The van der Waals surface area contributed by atoms with Crippen LogP contribution in [-0.2, 0) is 0 Å². The molecule has 0 aromatic heterocycles. The van der Waals surface area contributed by atoms with Gasteiger partial charge in [-0.3, -0.25) is 4.79 Å². The number of nitrogens with zero attached hydrogens (tertiary/aromatic N) is 3. The van der Waals surface area contributed by atoms with E-state index in [-0.39, 0.29) is 24.8 Å². The fourth-order valence-electron chi connectivity index (χ4n) is 3.27. The summed E-state index contributed by atoms with van der Waals surface area (Å²) in [6.07, 6.45) is 0. The Morgan fingerprint density at radius 2 is 2.00 bits per heavy atom. The van der Waals surface area contributed by atoms with Gasteiger partial charge in [-0.05, 0) is 18.2 Å². The number of hydrogen-bond acceptors (Lipinski definition) is 4. The minimum atomic E-state index is -0.0278. The van der Waals surface area contributed by atoms with Crippen LogP contribution in [-0.4, -0.2) is 72.7 Å². The van der Waals surface area contributed by atoms with Crippen molar-refractivity contribution in [2.24, 2.45) is 0 Å². The number of ether oxygens (including phenoxy) is 2. The van der Waals surface area contributed by atoms with E-state index in [0.717, 1.165) is 0 Å². The Hall–Kier alpha value is -2.44. The minimum absolute atomic E-state index is 0.0278. The molecule has 7 heteroatoms. The van der Waals surface area contributed by atoms with Crippen molar-refractivity contribution < 1.29 is 19.1 Å². The highest BCUT2D eigenvalue weighted by molar-refractivity contribution is 5.95. The molecule has 0 unspecified atom stereocenters. The average molecular weight is 303 g/mol. The number of piperazine rings is 1. The maximum Gasteiger partial charge on any atom is 0.320 e. The van der Waals surface area contributed by atoms with Gasteiger partial charge in [-0.1, -0.05) is 0 Å². The van der Waals surface area contributed by atoms with Crippen LogP contribution in [0.1, 0.15) is 10.4 Å². The molecule has 1 atom stereocenters. The predicted octanol–water partition coefficient (Wildman–Crippen LogP) is 0.607. The van der Waals surface area contributed by atoms with Gasteiger partial charge in [-0.2, -0.15) is 0 Å². The average Bonchev–Trinajstić information content (AvgIpc) is 3.10. The Bertz CT molecular complexity index is 648. The van der Waals surface area contributed by atoms with Crippen LogP contribution >= 0.6 is 0 Å². The molecule has 0 bridgehead atoms. The van der Waals surface area contributed by atoms with E-state index in [1.807, 2.05) is 9.80 Å². The van der Waals surface area contributed by atoms with E-state index in [1.54, 1.807) is 30.1 Å². The second-order valence-corrected chi connectivity index (χ2v) is 5.83. The van der Waals surface area contributed by atoms with Crippen LogP contribution in [0.15, 0.2) is 18.2 Å². The lowest BCUT2D eigenvalue weighted by Gasteiger charge is -2.36. The van der Waals surface area contributed by atoms with Crippen molar-refractivity contribution in [1.29, 1.82) is 0 Å². The zero-order valence-electron chi connectivity index (χ0n) is 12.3. The monoisotopic (exact) mass is 303 g/mol. The Balaban J connectivity index is 1.51. The zero-order chi connectivity index (χ0) is 15.3. The maximum atomic E-state index is 12.7. The Morgan fingerprint density at radius 3 is 2.86 bits per heavy atom. The van der Waals surface area contributed by atoms with Crippen LogP contribution in [0, 0.1) is 0 Å². The number of carbonyl (C=O) groups excluding carboxylic acids is 2. The van der Waals surface area contributed by atoms with Crippen LogP contribution in [0.3, 0.4) is 0 Å². The number of likely N-dealkylation sites (N-methyl/N-ethyl adjacent to an activating group) is 1. The van der Waals surface area contributed by atoms with E-state index >= 15 is 0 Å². The number of amides is 3. The molecule has 3 heterocycles. The largest absolute Gasteiger partial charge is 0.454 e. The molecule has 3 amide bonds. The molecule has 0 spiro atoms. The van der Waals surface area contributed by atoms with Crippen LogP contribution in [0.25, 0.3) is 0 Å². The zero-order valence-corrected chi connectivity index (χ0v) is 12.3. The fourth-order valence-corrected chi connectivity index (χ4v) is 3.27. The summed E-state index contributed by atoms with van der Waals surface area (Å²) in [7, 11) is 1.80. The number of urea groups is 1. The maximum absolute atomic E-state index is 12.7. The molecule has 2 fully saturated rings. The first-order valence-electron chi connectivity index (χ1n) is 7.34. The van der Waals surface area contributed by atoms with E-state index < -0.39 is 0 Å². The van der Waals surface area contributed by atoms with E-state index in [9.17, 15) is 9.59 Å². The smallest absolute Gasteiger partial charge is 0.320 e. The topological polar surface area (TPSA) is 62.3 Å². The number of carbonyl (C=O) groups is 2. The highest BCUT2D eigenvalue weighted by Crippen LogP contribution is 2.33. The second-order valence-electron chi connectivity index (χ2n) is 5.83. The van der Waals surface area contributed by atoms with Gasteiger partial charge in [0.25, 0.3) is 5.91 Å². The van der Waals surface area contributed by atoms with Crippen LogP contribution in [0.4, 0.5) is 4.79 Å². The number of rotatable bonds is 1. The Morgan fingerprint density at radius 1 is 1.18 bits per heavy atom. The second kappa shape index (κ2) is 4.79. The molecule has 116 valence electrons. The quantitative estimate of drug-likeness (QED) is 0.762. The molecule has 0 radical (unpaired) electrons. The third-order valence-corrected chi connectivity index (χ3v) is 4.45. The van der Waals surface area contributed by atoms with E-state index in [0.29, 0.717) is 43.2 Å². The van der Waals surface area contributed by atoms with Crippen molar-refractivity contribution >= 4 is 11.9 Å². The van der Waals surface area contributed by atoms with Crippen molar-refractivity contribution in [1.82, 2.24) is 14.7 Å². The molecular weight excluding hydrogens is 286 g/mol. The van der Waals surface area contributed by atoms with Gasteiger partial charge < -0.3 is 24.2 Å². The fraction of sp³-hybridized carbons (Fsp3) is 0.467. The standard InChI is InChI=1S/C15H17N3O4/c1-16-7-11-8-17(4-5-18(11)15(16)20)14(19)10-2-3-12-13(6-10)22-9-21-12/h2-3,6,11H,4-5,7-9H2,1H3/t11-/m0/s1. The molecule has 22 heavy (non-hydrogen) atoms. The van der Waals surface area contributed by atoms with Gasteiger partial charge in [0.05, 0.1) is 6.04 Å². The van der Waals surface area contributed by atoms with Gasteiger partial charge in [0, 0.05) is 38.8 Å². The summed E-state index contributed by atoms with van der Waals surface area (Å²) < 4.78 is 10.6. The lowest BCUT2D eigenvalue weighted by molar-refractivity contribution is 0.0616. The third-order valence-electron chi connectivity index (χ3n) is 4.45. The molecule has 1 aromatic carbocycles. The normalized spacial score (nSPS) is 23.0. The first-order valence-corrected chi connectivity index (χ1v) is 7.34. The van der Waals surface area contributed by atoms with E-state index in [4.69, 9.17) is 9.47 Å². The lowest BCUT2D eigenvalue weighted by atomic mass is 10.1. The summed E-state index contributed by atoms with van der Waals surface area (Å²) in [5.74, 6) is 1.25. The van der Waals surface area contributed by atoms with Gasteiger partial charge >= 0.3 is 6.03 Å². The summed E-state index contributed by atoms with van der Waals surface area (Å²) in [6.45, 7) is 2.59. The van der Waals surface area contributed by atoms with Gasteiger partial charge in [0.15, 0.2) is 11.5 Å². The van der Waals surface area contributed by atoms with Crippen LogP contribution in [0.5, 0.6) is 11.5 Å². The van der Waals surface area contributed by atoms with E-state index in [1.165, 1.54) is 0 Å². The van der Waals surface area contributed by atoms with Crippen molar-refractivity contribution in [3.05, 3.63) is 23.8 Å². The Kier molecular flexibility index (Phi) is 2.88. The molecule has 0 saturated carbocycles. The van der Waals surface area contributed by atoms with Crippen molar-refractivity contribution in [2.75, 3.05) is 40.0 Å². The third kappa shape index (κ3) is 1.96. The first-order chi connectivity index (χ1) is 10.6. The van der Waals surface area contributed by atoms with E-state index in [2.05, 4.69) is 0 Å². The summed E-state index contributed by atoms with van der Waals surface area (Å²) in [5.41, 5.74) is 0.593. The highest BCUT2D eigenvalue weighted by Gasteiger charge is 2.40. The van der Waals surface area contributed by atoms with Gasteiger partial charge in [-0.15, -0.1) is 0 Å². The minimum Gasteiger partial charge on any atom is -0.454 e. The molecule has 0 aliphatic carbocycles. The molecular formula is C15H17N3O4. The highest BCUT2D eigenvalue weighted by atomic mass is 16.7. The molecule has 3 aliphatic rings. The van der Waals surface area contributed by atoms with Crippen LogP contribution in [0.2, 0.25) is 0 Å². The number of hydrogen-bond donors (Lipinski definition) is 0. The summed E-state index contributed by atoms with van der Waals surface area (Å²) >= 11 is 0. The lowest BCUT2D eigenvalue weighted by Crippen LogP contribution is -2.53. The summed E-state index contributed by atoms with van der Waals surface area (Å²) in [4.78, 5) is 30.0. The predicted molar refractivity (Wildman–Crippen MR) is 77.0 cm³/mol. The number of fused-ring (bicyclic) bond motifs is 2. The molecule has 2 saturated heterocycles. The summed E-state index contributed by atoms with van der Waals surface area (Å²) in [6, 6.07) is 5.39. The van der Waals surface area contributed by atoms with Crippen molar-refractivity contribution in [2.45, 2.75) is 6.04 Å². The van der Waals surface area contributed by atoms with Crippen molar-refractivity contribution in [3.63, 3.8) is 0 Å². The van der Waals surface area contributed by atoms with Crippen molar-refractivity contribution in [3.8, 4) is 11.5 Å². The molecule has 1 aromatic rings. The number of benzene rings is 1. The molecule has 4 rings (SSSR count). The van der Waals surface area contributed by atoms with Gasteiger partial charge in [-0.25, -0.2) is 4.79 Å². The molecule has 7 nitrogen and oxygen atoms in total. The van der Waals surface area contributed by atoms with Gasteiger partial charge in [0.2, 0.25) is 6.79 Å². The Labute approximate surface area is 128 Å². The van der Waals surface area contributed by atoms with Crippen LogP contribution < -0.4 is 9.47 Å². The van der Waals surface area contributed by atoms with Gasteiger partial charge in [0.1, 0.15) is 0 Å².